The van der Waals surface area contributed by atoms with Gasteiger partial charge >= 0.3 is 0 Å². The maximum absolute atomic E-state index is 4.70. The molecule has 0 amide bonds. The van der Waals surface area contributed by atoms with Crippen molar-refractivity contribution in [2.75, 3.05) is 25.0 Å². The number of halogens is 1. The second-order valence-electron chi connectivity index (χ2n) is 6.21. The third kappa shape index (κ3) is 3.01. The Morgan fingerprint density at radius 3 is 2.90 bits per heavy atom. The zero-order valence-electron chi connectivity index (χ0n) is 12.2. The van der Waals surface area contributed by atoms with Gasteiger partial charge in [0.05, 0.1) is 0 Å². The van der Waals surface area contributed by atoms with E-state index in [1.54, 1.807) is 0 Å². The summed E-state index contributed by atoms with van der Waals surface area (Å²) in [4.78, 5) is 7.22. The summed E-state index contributed by atoms with van der Waals surface area (Å²) < 4.78 is 1.07. The Morgan fingerprint density at radius 2 is 2.10 bits per heavy atom. The fourth-order valence-electron chi connectivity index (χ4n) is 3.87. The molecule has 0 aromatic carbocycles. The first-order chi connectivity index (χ1) is 9.78. The van der Waals surface area contributed by atoms with E-state index in [4.69, 9.17) is 4.98 Å². The van der Waals surface area contributed by atoms with Gasteiger partial charge in [-0.1, -0.05) is 19.3 Å². The van der Waals surface area contributed by atoms with Gasteiger partial charge in [0.2, 0.25) is 0 Å². The van der Waals surface area contributed by atoms with Crippen LogP contribution in [0.25, 0.3) is 0 Å². The van der Waals surface area contributed by atoms with Crippen LogP contribution in [0.5, 0.6) is 0 Å². The molecule has 1 aliphatic carbocycles. The zero-order valence-corrected chi connectivity index (χ0v) is 13.8. The molecule has 1 aliphatic heterocycles. The summed E-state index contributed by atoms with van der Waals surface area (Å²) in [6.07, 6.45) is 9.02. The number of anilines is 1. The van der Waals surface area contributed by atoms with Crippen molar-refractivity contribution in [1.82, 2.24) is 10.3 Å². The quantitative estimate of drug-likeness (QED) is 0.913. The van der Waals surface area contributed by atoms with E-state index in [1.807, 2.05) is 13.2 Å². The van der Waals surface area contributed by atoms with Crippen LogP contribution in [-0.4, -0.2) is 25.1 Å². The van der Waals surface area contributed by atoms with Crippen molar-refractivity contribution in [3.05, 3.63) is 22.3 Å². The molecule has 0 spiro atoms. The Morgan fingerprint density at radius 1 is 1.30 bits per heavy atom. The van der Waals surface area contributed by atoms with Gasteiger partial charge in [-0.25, -0.2) is 4.98 Å². The fourth-order valence-corrected chi connectivity index (χ4v) is 4.25. The highest BCUT2D eigenvalue weighted by Gasteiger charge is 2.32. The molecule has 2 atom stereocenters. The maximum Gasteiger partial charge on any atom is 0.133 e. The van der Waals surface area contributed by atoms with Crippen LogP contribution in [-0.2, 0) is 6.54 Å². The highest BCUT2D eigenvalue weighted by atomic mass is 79.9. The summed E-state index contributed by atoms with van der Waals surface area (Å²) in [6, 6.07) is 2.20. The van der Waals surface area contributed by atoms with Gasteiger partial charge in [-0.15, -0.1) is 0 Å². The van der Waals surface area contributed by atoms with E-state index in [0.717, 1.165) is 22.9 Å². The lowest BCUT2D eigenvalue weighted by Gasteiger charge is -2.42. The minimum Gasteiger partial charge on any atom is -0.356 e. The molecule has 2 heterocycles. The topological polar surface area (TPSA) is 28.2 Å². The highest BCUT2D eigenvalue weighted by Crippen LogP contribution is 2.37. The summed E-state index contributed by atoms with van der Waals surface area (Å²) >= 11 is 3.54. The molecular weight excluding hydrogens is 314 g/mol. The summed E-state index contributed by atoms with van der Waals surface area (Å²) in [5.41, 5.74) is 1.30. The number of nitrogens with one attached hydrogen (secondary N) is 1. The Bertz CT molecular complexity index is 463. The van der Waals surface area contributed by atoms with Crippen molar-refractivity contribution in [1.29, 1.82) is 0 Å². The van der Waals surface area contributed by atoms with E-state index in [2.05, 4.69) is 32.2 Å². The van der Waals surface area contributed by atoms with Crippen LogP contribution in [0.2, 0.25) is 0 Å². The third-order valence-corrected chi connectivity index (χ3v) is 5.30. The van der Waals surface area contributed by atoms with Gasteiger partial charge in [-0.3, -0.25) is 0 Å². The van der Waals surface area contributed by atoms with Crippen molar-refractivity contribution >= 4 is 21.7 Å². The van der Waals surface area contributed by atoms with Crippen LogP contribution in [0.1, 0.15) is 37.7 Å². The van der Waals surface area contributed by atoms with E-state index in [9.17, 15) is 0 Å². The molecule has 4 heteroatoms. The second kappa shape index (κ2) is 6.44. The number of aromatic nitrogens is 1. The summed E-state index contributed by atoms with van der Waals surface area (Å²) in [5.74, 6) is 3.06. The molecule has 3 rings (SSSR count). The Labute approximate surface area is 130 Å². The first-order valence-corrected chi connectivity index (χ1v) is 8.61. The maximum atomic E-state index is 4.70. The van der Waals surface area contributed by atoms with E-state index in [-0.39, 0.29) is 0 Å². The highest BCUT2D eigenvalue weighted by molar-refractivity contribution is 9.10. The minimum absolute atomic E-state index is 0.881. The molecule has 0 bridgehead atoms. The number of hydrogen-bond donors (Lipinski definition) is 1. The van der Waals surface area contributed by atoms with Gasteiger partial charge in [0.1, 0.15) is 5.82 Å². The molecule has 1 N–H and O–H groups in total. The number of fused-ring (bicyclic) bond motifs is 1. The van der Waals surface area contributed by atoms with Gasteiger partial charge in [0.25, 0.3) is 0 Å². The predicted octanol–water partition coefficient (Wildman–Crippen LogP) is 3.58. The molecule has 3 nitrogen and oxygen atoms in total. The summed E-state index contributed by atoms with van der Waals surface area (Å²) in [7, 11) is 2.00. The Hall–Kier alpha value is -0.610. The average Bonchev–Trinajstić information content (AvgIpc) is 2.47. The monoisotopic (exact) mass is 337 g/mol. The average molecular weight is 338 g/mol. The molecule has 110 valence electrons. The number of pyridine rings is 1. The van der Waals surface area contributed by atoms with Crippen molar-refractivity contribution in [2.24, 2.45) is 11.8 Å². The molecular formula is C16H24BrN3. The number of piperidine rings is 1. The van der Waals surface area contributed by atoms with E-state index < -0.39 is 0 Å². The van der Waals surface area contributed by atoms with Gasteiger partial charge < -0.3 is 10.2 Å². The van der Waals surface area contributed by atoms with E-state index >= 15 is 0 Å². The van der Waals surface area contributed by atoms with Gasteiger partial charge in [-0.2, -0.15) is 0 Å². The van der Waals surface area contributed by atoms with Crippen LogP contribution >= 0.6 is 15.9 Å². The van der Waals surface area contributed by atoms with Crippen molar-refractivity contribution in [3.63, 3.8) is 0 Å². The summed E-state index contributed by atoms with van der Waals surface area (Å²) in [6.45, 7) is 3.26. The van der Waals surface area contributed by atoms with Crippen molar-refractivity contribution < 1.29 is 0 Å². The lowest BCUT2D eigenvalue weighted by molar-refractivity contribution is 0.202. The van der Waals surface area contributed by atoms with Gasteiger partial charge in [-0.05, 0) is 53.7 Å². The Balaban J connectivity index is 1.78. The van der Waals surface area contributed by atoms with Crippen LogP contribution in [0.3, 0.4) is 0 Å². The molecule has 0 radical (unpaired) electrons. The van der Waals surface area contributed by atoms with Gasteiger partial charge in [0, 0.05) is 35.9 Å². The molecule has 1 aromatic heterocycles. The number of rotatable bonds is 3. The fraction of sp³-hybridized carbons (Fsp3) is 0.688. The van der Waals surface area contributed by atoms with Crippen LogP contribution in [0.15, 0.2) is 16.7 Å². The van der Waals surface area contributed by atoms with Crippen molar-refractivity contribution in [2.45, 2.75) is 38.6 Å². The van der Waals surface area contributed by atoms with Crippen LogP contribution in [0, 0.1) is 11.8 Å². The second-order valence-corrected chi connectivity index (χ2v) is 7.12. The van der Waals surface area contributed by atoms with Crippen LogP contribution in [0.4, 0.5) is 5.82 Å². The molecule has 1 aromatic rings. The summed E-state index contributed by atoms with van der Waals surface area (Å²) in [5, 5.41) is 3.26. The lowest BCUT2D eigenvalue weighted by Crippen LogP contribution is -2.42. The molecule has 2 aliphatic rings. The molecule has 20 heavy (non-hydrogen) atoms. The lowest BCUT2D eigenvalue weighted by atomic mass is 9.75. The van der Waals surface area contributed by atoms with E-state index in [0.29, 0.717) is 0 Å². The minimum atomic E-state index is 0.881. The number of hydrogen-bond acceptors (Lipinski definition) is 3. The standard InChI is InChI=1S/C16H24BrN3/c1-18-9-14-8-15(17)10-19-16(14)20-7-6-12-4-2-3-5-13(12)11-20/h8,10,12-13,18H,2-7,9,11H2,1H3. The SMILES string of the molecule is CNCc1cc(Br)cnc1N1CCC2CCCCC2C1. The largest absolute Gasteiger partial charge is 0.356 e. The number of nitrogens with zero attached hydrogens (tertiary/aromatic N) is 2. The van der Waals surface area contributed by atoms with Gasteiger partial charge in [0.15, 0.2) is 0 Å². The van der Waals surface area contributed by atoms with Crippen molar-refractivity contribution in [3.8, 4) is 0 Å². The molecule has 2 unspecified atom stereocenters. The molecule has 1 saturated heterocycles. The zero-order chi connectivity index (χ0) is 13.9. The Kier molecular flexibility index (Phi) is 4.61. The first kappa shape index (κ1) is 14.3. The first-order valence-electron chi connectivity index (χ1n) is 7.82. The predicted molar refractivity (Wildman–Crippen MR) is 87.0 cm³/mol. The molecule has 1 saturated carbocycles. The van der Waals surface area contributed by atoms with E-state index in [1.165, 1.54) is 56.6 Å². The van der Waals surface area contributed by atoms with Crippen LogP contribution < -0.4 is 10.2 Å². The molecule has 2 fully saturated rings. The third-order valence-electron chi connectivity index (χ3n) is 4.87. The normalized spacial score (nSPS) is 26.4. The smallest absolute Gasteiger partial charge is 0.133 e.